The summed E-state index contributed by atoms with van der Waals surface area (Å²) in [6.45, 7) is 1.54. The zero-order valence-corrected chi connectivity index (χ0v) is 13.4. The Kier molecular flexibility index (Phi) is 4.97. The van der Waals surface area contributed by atoms with Crippen LogP contribution in [0.5, 0.6) is 0 Å². The standard InChI is InChI=1S/C15H16Cl2N4O/c16-11-4-1-5-12(17)14(11)20-13-6-7-18-15(21-13)19-9-10-3-2-8-22-10/h1,4-7,10H,2-3,8-9H2,(H2,18,19,20,21). The summed E-state index contributed by atoms with van der Waals surface area (Å²) in [5.41, 5.74) is 0.634. The topological polar surface area (TPSA) is 59.1 Å². The molecule has 0 amide bonds. The van der Waals surface area contributed by atoms with Crippen molar-refractivity contribution >= 4 is 40.7 Å². The summed E-state index contributed by atoms with van der Waals surface area (Å²) >= 11 is 12.3. The van der Waals surface area contributed by atoms with E-state index < -0.39 is 0 Å². The second kappa shape index (κ2) is 7.13. The highest BCUT2D eigenvalue weighted by Gasteiger charge is 2.15. The zero-order chi connectivity index (χ0) is 15.4. The number of para-hydroxylation sites is 1. The van der Waals surface area contributed by atoms with Crippen LogP contribution in [0.15, 0.2) is 30.5 Å². The fourth-order valence-electron chi connectivity index (χ4n) is 2.27. The molecule has 0 bridgehead atoms. The van der Waals surface area contributed by atoms with E-state index in [0.29, 0.717) is 34.0 Å². The maximum absolute atomic E-state index is 6.14. The molecule has 7 heteroatoms. The van der Waals surface area contributed by atoms with Gasteiger partial charge in [-0.05, 0) is 31.0 Å². The molecule has 1 aromatic heterocycles. The van der Waals surface area contributed by atoms with E-state index in [0.717, 1.165) is 19.4 Å². The van der Waals surface area contributed by atoms with E-state index in [1.807, 2.05) is 0 Å². The van der Waals surface area contributed by atoms with Crippen LogP contribution in [-0.2, 0) is 4.74 Å². The molecule has 1 fully saturated rings. The Bertz CT molecular complexity index is 627. The molecule has 1 aliphatic heterocycles. The van der Waals surface area contributed by atoms with Gasteiger partial charge in [-0.1, -0.05) is 29.3 Å². The Hall–Kier alpha value is -1.56. The number of nitrogens with one attached hydrogen (secondary N) is 2. The van der Waals surface area contributed by atoms with Gasteiger partial charge in [0.1, 0.15) is 5.82 Å². The second-order valence-corrected chi connectivity index (χ2v) is 5.82. The quantitative estimate of drug-likeness (QED) is 0.858. The Morgan fingerprint density at radius 3 is 2.77 bits per heavy atom. The van der Waals surface area contributed by atoms with Crippen molar-refractivity contribution in [2.24, 2.45) is 0 Å². The summed E-state index contributed by atoms with van der Waals surface area (Å²) in [6.07, 6.45) is 4.09. The average Bonchev–Trinajstić information content (AvgIpc) is 3.03. The summed E-state index contributed by atoms with van der Waals surface area (Å²) in [4.78, 5) is 8.61. The van der Waals surface area contributed by atoms with E-state index in [9.17, 15) is 0 Å². The maximum Gasteiger partial charge on any atom is 0.224 e. The highest BCUT2D eigenvalue weighted by molar-refractivity contribution is 6.39. The molecular formula is C15H16Cl2N4O. The molecule has 2 aromatic rings. The van der Waals surface area contributed by atoms with Gasteiger partial charge in [0.25, 0.3) is 0 Å². The SMILES string of the molecule is Clc1cccc(Cl)c1Nc1ccnc(NCC2CCCO2)n1. The molecule has 1 aliphatic rings. The van der Waals surface area contributed by atoms with Crippen molar-refractivity contribution in [3.63, 3.8) is 0 Å². The van der Waals surface area contributed by atoms with E-state index in [1.54, 1.807) is 30.5 Å². The molecule has 1 unspecified atom stereocenters. The van der Waals surface area contributed by atoms with E-state index in [2.05, 4.69) is 20.6 Å². The minimum Gasteiger partial charge on any atom is -0.376 e. The molecule has 22 heavy (non-hydrogen) atoms. The van der Waals surface area contributed by atoms with Gasteiger partial charge in [-0.3, -0.25) is 0 Å². The van der Waals surface area contributed by atoms with Crippen LogP contribution in [0.3, 0.4) is 0 Å². The van der Waals surface area contributed by atoms with Crippen LogP contribution >= 0.6 is 23.2 Å². The minimum absolute atomic E-state index is 0.234. The van der Waals surface area contributed by atoms with E-state index in [1.165, 1.54) is 0 Å². The number of ether oxygens (including phenoxy) is 1. The third-order valence-corrected chi connectivity index (χ3v) is 4.01. The highest BCUT2D eigenvalue weighted by Crippen LogP contribution is 2.32. The van der Waals surface area contributed by atoms with Crippen molar-refractivity contribution in [3.05, 3.63) is 40.5 Å². The lowest BCUT2D eigenvalue weighted by atomic mass is 10.2. The average molecular weight is 339 g/mol. The molecule has 0 aliphatic carbocycles. The third kappa shape index (κ3) is 3.80. The predicted molar refractivity (Wildman–Crippen MR) is 89.2 cm³/mol. The highest BCUT2D eigenvalue weighted by atomic mass is 35.5. The van der Waals surface area contributed by atoms with E-state index in [4.69, 9.17) is 27.9 Å². The lowest BCUT2D eigenvalue weighted by molar-refractivity contribution is 0.120. The van der Waals surface area contributed by atoms with Crippen molar-refractivity contribution in [1.82, 2.24) is 9.97 Å². The molecule has 0 spiro atoms. The Balaban J connectivity index is 1.68. The molecule has 3 rings (SSSR count). The van der Waals surface area contributed by atoms with Crippen LogP contribution < -0.4 is 10.6 Å². The number of hydrogen-bond donors (Lipinski definition) is 2. The van der Waals surface area contributed by atoms with Gasteiger partial charge in [0.05, 0.1) is 21.8 Å². The molecular weight excluding hydrogens is 323 g/mol. The number of nitrogens with zero attached hydrogens (tertiary/aromatic N) is 2. The number of halogens is 2. The lowest BCUT2D eigenvalue weighted by Crippen LogP contribution is -2.19. The number of aromatic nitrogens is 2. The predicted octanol–water partition coefficient (Wildman–Crippen LogP) is 4.12. The lowest BCUT2D eigenvalue weighted by Gasteiger charge is -2.12. The second-order valence-electron chi connectivity index (χ2n) is 5.00. The Morgan fingerprint density at radius 2 is 2.05 bits per heavy atom. The van der Waals surface area contributed by atoms with Gasteiger partial charge in [-0.25, -0.2) is 4.98 Å². The van der Waals surface area contributed by atoms with Gasteiger partial charge in [-0.15, -0.1) is 0 Å². The fraction of sp³-hybridized carbons (Fsp3) is 0.333. The molecule has 0 saturated carbocycles. The number of benzene rings is 1. The third-order valence-electron chi connectivity index (χ3n) is 3.38. The minimum atomic E-state index is 0.234. The smallest absolute Gasteiger partial charge is 0.224 e. The first-order chi connectivity index (χ1) is 10.7. The van der Waals surface area contributed by atoms with Gasteiger partial charge >= 0.3 is 0 Å². The maximum atomic E-state index is 6.14. The molecule has 0 radical (unpaired) electrons. The number of rotatable bonds is 5. The van der Waals surface area contributed by atoms with Gasteiger partial charge in [-0.2, -0.15) is 4.98 Å². The molecule has 2 heterocycles. The van der Waals surface area contributed by atoms with Gasteiger partial charge in [0, 0.05) is 19.3 Å². The van der Waals surface area contributed by atoms with Crippen molar-refractivity contribution in [3.8, 4) is 0 Å². The molecule has 5 nitrogen and oxygen atoms in total. The van der Waals surface area contributed by atoms with Crippen LogP contribution in [0.1, 0.15) is 12.8 Å². The summed E-state index contributed by atoms with van der Waals surface area (Å²) in [5.74, 6) is 1.17. The van der Waals surface area contributed by atoms with Crippen LogP contribution in [0.4, 0.5) is 17.5 Å². The van der Waals surface area contributed by atoms with Crippen molar-refractivity contribution in [2.75, 3.05) is 23.8 Å². The van der Waals surface area contributed by atoms with E-state index >= 15 is 0 Å². The van der Waals surface area contributed by atoms with Gasteiger partial charge in [0.2, 0.25) is 5.95 Å². The van der Waals surface area contributed by atoms with Crippen molar-refractivity contribution in [2.45, 2.75) is 18.9 Å². The number of anilines is 3. The molecule has 1 saturated heterocycles. The first-order valence-corrected chi connectivity index (χ1v) is 7.87. The summed E-state index contributed by atoms with van der Waals surface area (Å²) in [7, 11) is 0. The van der Waals surface area contributed by atoms with Gasteiger partial charge in [0.15, 0.2) is 0 Å². The fourth-order valence-corrected chi connectivity index (χ4v) is 2.76. The summed E-state index contributed by atoms with van der Waals surface area (Å²) in [5, 5.41) is 7.39. The zero-order valence-electron chi connectivity index (χ0n) is 11.9. The monoisotopic (exact) mass is 338 g/mol. The number of hydrogen-bond acceptors (Lipinski definition) is 5. The molecule has 116 valence electrons. The van der Waals surface area contributed by atoms with Crippen LogP contribution in [0.25, 0.3) is 0 Å². The molecule has 1 aromatic carbocycles. The Morgan fingerprint density at radius 1 is 1.23 bits per heavy atom. The molecule has 2 N–H and O–H groups in total. The normalized spacial score (nSPS) is 17.5. The summed E-state index contributed by atoms with van der Waals surface area (Å²) in [6, 6.07) is 7.10. The Labute approximate surface area is 139 Å². The van der Waals surface area contributed by atoms with Crippen molar-refractivity contribution < 1.29 is 4.74 Å². The van der Waals surface area contributed by atoms with Crippen molar-refractivity contribution in [1.29, 1.82) is 0 Å². The largest absolute Gasteiger partial charge is 0.376 e. The van der Waals surface area contributed by atoms with Crippen LogP contribution in [0, 0.1) is 0 Å². The summed E-state index contributed by atoms with van der Waals surface area (Å²) < 4.78 is 5.56. The van der Waals surface area contributed by atoms with Gasteiger partial charge < -0.3 is 15.4 Å². The van der Waals surface area contributed by atoms with E-state index in [-0.39, 0.29) is 6.10 Å². The van der Waals surface area contributed by atoms with Crippen LogP contribution in [0.2, 0.25) is 10.0 Å². The molecule has 1 atom stereocenters. The first-order valence-electron chi connectivity index (χ1n) is 7.12. The van der Waals surface area contributed by atoms with Crippen LogP contribution in [-0.4, -0.2) is 29.2 Å². The first kappa shape index (κ1) is 15.3.